The highest BCUT2D eigenvalue weighted by atomic mass is 19.1. The minimum atomic E-state index is -1.57. The van der Waals surface area contributed by atoms with Crippen LogP contribution >= 0.6 is 0 Å². The van der Waals surface area contributed by atoms with Gasteiger partial charge in [-0.2, -0.15) is 0 Å². The molecule has 1 aromatic heterocycles. The zero-order valence-corrected chi connectivity index (χ0v) is 19.9. The summed E-state index contributed by atoms with van der Waals surface area (Å²) in [6, 6.07) is 23.7. The Morgan fingerprint density at radius 2 is 1.72 bits per heavy atom. The van der Waals surface area contributed by atoms with E-state index in [0.717, 1.165) is 33.5 Å². The third kappa shape index (κ3) is 5.58. The Bertz CT molecular complexity index is 1420. The van der Waals surface area contributed by atoms with Crippen LogP contribution in [-0.2, 0) is 0 Å². The number of hydrogen-bond acceptors (Lipinski definition) is 5. The van der Waals surface area contributed by atoms with Crippen LogP contribution in [0, 0.1) is 19.7 Å². The average molecular weight is 485 g/mol. The maximum atomic E-state index is 14.3. The van der Waals surface area contributed by atoms with Crippen molar-refractivity contribution in [3.05, 3.63) is 119 Å². The van der Waals surface area contributed by atoms with Gasteiger partial charge in [0.15, 0.2) is 11.6 Å². The van der Waals surface area contributed by atoms with Crippen molar-refractivity contribution in [1.29, 1.82) is 0 Å². The fourth-order valence-electron chi connectivity index (χ4n) is 4.29. The van der Waals surface area contributed by atoms with E-state index < -0.39 is 12.0 Å². The molecule has 1 heterocycles. The van der Waals surface area contributed by atoms with E-state index >= 15 is 0 Å². The molecule has 6 nitrogen and oxygen atoms in total. The second kappa shape index (κ2) is 10.8. The number of rotatable bonds is 7. The first-order valence-corrected chi connectivity index (χ1v) is 11.4. The molecule has 4 rings (SSSR count). The molecule has 0 saturated heterocycles. The van der Waals surface area contributed by atoms with Crippen LogP contribution in [0.4, 0.5) is 9.18 Å². The van der Waals surface area contributed by atoms with Crippen LogP contribution in [0.15, 0.2) is 90.2 Å². The predicted octanol–water partition coefficient (Wildman–Crippen LogP) is 6.96. The summed E-state index contributed by atoms with van der Waals surface area (Å²) in [5.41, 5.74) is 6.78. The van der Waals surface area contributed by atoms with E-state index in [2.05, 4.69) is 20.9 Å². The van der Waals surface area contributed by atoms with E-state index in [4.69, 9.17) is 5.11 Å². The Balaban J connectivity index is 1.68. The SMILES string of the molecule is Cc1cc(C(CC(c2ccc(-c3ccc(OC(=O)O)c(F)c3)cc2)c2ccccc2C)=NO)ccn1. The number of carbonyl (C=O) groups is 1. The number of nitrogens with zero attached hydrogens (tertiary/aromatic N) is 2. The van der Waals surface area contributed by atoms with Gasteiger partial charge in [-0.25, -0.2) is 9.18 Å². The number of halogens is 1. The van der Waals surface area contributed by atoms with Gasteiger partial charge in [0.1, 0.15) is 0 Å². The van der Waals surface area contributed by atoms with Crippen molar-refractivity contribution in [2.45, 2.75) is 26.2 Å². The van der Waals surface area contributed by atoms with Gasteiger partial charge >= 0.3 is 6.16 Å². The number of aryl methyl sites for hydroxylation is 2. The van der Waals surface area contributed by atoms with E-state index in [-0.39, 0.29) is 11.7 Å². The molecule has 36 heavy (non-hydrogen) atoms. The van der Waals surface area contributed by atoms with Crippen molar-refractivity contribution in [2.24, 2.45) is 5.16 Å². The summed E-state index contributed by atoms with van der Waals surface area (Å²) in [7, 11) is 0. The molecule has 0 aliphatic carbocycles. The molecule has 0 bridgehead atoms. The van der Waals surface area contributed by atoms with E-state index in [0.29, 0.717) is 17.7 Å². The number of ether oxygens (including phenoxy) is 1. The molecule has 0 amide bonds. The molecule has 1 atom stereocenters. The minimum absolute atomic E-state index is 0.0947. The minimum Gasteiger partial charge on any atom is -0.449 e. The van der Waals surface area contributed by atoms with Crippen molar-refractivity contribution < 1.29 is 24.2 Å². The summed E-state index contributed by atoms with van der Waals surface area (Å²) < 4.78 is 18.8. The van der Waals surface area contributed by atoms with Crippen molar-refractivity contribution in [3.8, 4) is 16.9 Å². The summed E-state index contributed by atoms with van der Waals surface area (Å²) in [4.78, 5) is 14.9. The number of oxime groups is 1. The topological polar surface area (TPSA) is 92.0 Å². The van der Waals surface area contributed by atoms with Gasteiger partial charge < -0.3 is 15.1 Å². The summed E-state index contributed by atoms with van der Waals surface area (Å²) >= 11 is 0. The fourth-order valence-corrected chi connectivity index (χ4v) is 4.29. The molecular formula is C29H25FN2O4. The van der Waals surface area contributed by atoms with E-state index in [1.807, 2.05) is 68.4 Å². The Hall–Kier alpha value is -4.52. The summed E-state index contributed by atoms with van der Waals surface area (Å²) in [6.45, 7) is 3.94. The Morgan fingerprint density at radius 3 is 2.36 bits per heavy atom. The van der Waals surface area contributed by atoms with Gasteiger partial charge in [0.2, 0.25) is 0 Å². The fraction of sp³-hybridized carbons (Fsp3) is 0.138. The number of carboxylic acid groups (broad SMARTS) is 1. The lowest BCUT2D eigenvalue weighted by Gasteiger charge is -2.21. The monoisotopic (exact) mass is 484 g/mol. The van der Waals surface area contributed by atoms with Crippen LogP contribution < -0.4 is 4.74 Å². The third-order valence-corrected chi connectivity index (χ3v) is 6.09. The van der Waals surface area contributed by atoms with Crippen molar-refractivity contribution >= 4 is 11.9 Å². The molecule has 4 aromatic rings. The Morgan fingerprint density at radius 1 is 1.00 bits per heavy atom. The van der Waals surface area contributed by atoms with Crippen molar-refractivity contribution in [3.63, 3.8) is 0 Å². The molecule has 0 radical (unpaired) electrons. The summed E-state index contributed by atoms with van der Waals surface area (Å²) in [5, 5.41) is 22.2. The molecule has 0 saturated carbocycles. The Labute approximate surface area is 208 Å². The lowest BCUT2D eigenvalue weighted by atomic mass is 9.83. The average Bonchev–Trinajstić information content (AvgIpc) is 2.87. The highest BCUT2D eigenvalue weighted by molar-refractivity contribution is 6.01. The number of pyridine rings is 1. The van der Waals surface area contributed by atoms with Gasteiger partial charge in [-0.15, -0.1) is 0 Å². The second-order valence-corrected chi connectivity index (χ2v) is 8.48. The van der Waals surface area contributed by atoms with E-state index in [9.17, 15) is 14.4 Å². The lowest BCUT2D eigenvalue weighted by Crippen LogP contribution is -2.12. The molecule has 3 aromatic carbocycles. The largest absolute Gasteiger partial charge is 0.511 e. The molecule has 7 heteroatoms. The quantitative estimate of drug-likeness (QED) is 0.0972. The highest BCUT2D eigenvalue weighted by Gasteiger charge is 2.21. The molecule has 182 valence electrons. The van der Waals surface area contributed by atoms with Gasteiger partial charge in [0.25, 0.3) is 0 Å². The first-order chi connectivity index (χ1) is 17.4. The smallest absolute Gasteiger partial charge is 0.449 e. The number of benzene rings is 3. The van der Waals surface area contributed by atoms with Crippen LogP contribution in [0.2, 0.25) is 0 Å². The summed E-state index contributed by atoms with van der Waals surface area (Å²) in [6.07, 6.45) is 0.584. The lowest BCUT2D eigenvalue weighted by molar-refractivity contribution is 0.142. The van der Waals surface area contributed by atoms with Crippen LogP contribution in [-0.4, -0.2) is 27.2 Å². The van der Waals surface area contributed by atoms with Gasteiger partial charge in [0, 0.05) is 29.8 Å². The van der Waals surface area contributed by atoms with Crippen LogP contribution in [0.1, 0.15) is 40.3 Å². The number of hydrogen-bond donors (Lipinski definition) is 2. The molecule has 0 aliphatic heterocycles. The summed E-state index contributed by atoms with van der Waals surface area (Å²) in [5.74, 6) is -1.19. The van der Waals surface area contributed by atoms with Gasteiger partial charge in [-0.05, 0) is 65.9 Å². The molecule has 0 fully saturated rings. The van der Waals surface area contributed by atoms with Crippen LogP contribution in [0.25, 0.3) is 11.1 Å². The van der Waals surface area contributed by atoms with Gasteiger partial charge in [-0.3, -0.25) is 4.98 Å². The molecular weight excluding hydrogens is 459 g/mol. The highest BCUT2D eigenvalue weighted by Crippen LogP contribution is 2.34. The van der Waals surface area contributed by atoms with Crippen molar-refractivity contribution in [2.75, 3.05) is 0 Å². The van der Waals surface area contributed by atoms with Gasteiger partial charge in [0.05, 0.1) is 5.71 Å². The third-order valence-electron chi connectivity index (χ3n) is 6.09. The number of aromatic nitrogens is 1. The molecule has 1 unspecified atom stereocenters. The standard InChI is InChI=1S/C29H25FN2O4/c1-18-5-3-4-6-24(18)25(17-27(32-35)23-13-14-31-19(2)15-23)21-9-7-20(8-10-21)22-11-12-28(26(30)16-22)36-29(33)34/h3-16,25,35H,17H2,1-2H3,(H,33,34). The first-order valence-electron chi connectivity index (χ1n) is 11.4. The second-order valence-electron chi connectivity index (χ2n) is 8.48. The van der Waals surface area contributed by atoms with Crippen LogP contribution in [0.3, 0.4) is 0 Å². The predicted molar refractivity (Wildman–Crippen MR) is 135 cm³/mol. The molecule has 2 N–H and O–H groups in total. The maximum Gasteiger partial charge on any atom is 0.511 e. The molecule has 0 spiro atoms. The normalized spacial score (nSPS) is 12.2. The zero-order valence-electron chi connectivity index (χ0n) is 19.9. The maximum absolute atomic E-state index is 14.3. The van der Waals surface area contributed by atoms with Crippen LogP contribution in [0.5, 0.6) is 5.75 Å². The Kier molecular flexibility index (Phi) is 7.39. The van der Waals surface area contributed by atoms with Gasteiger partial charge in [-0.1, -0.05) is 59.8 Å². The van der Waals surface area contributed by atoms with E-state index in [1.165, 1.54) is 12.1 Å². The first kappa shape index (κ1) is 24.6. The van der Waals surface area contributed by atoms with Crippen molar-refractivity contribution in [1.82, 2.24) is 4.98 Å². The van der Waals surface area contributed by atoms with E-state index in [1.54, 1.807) is 12.3 Å². The molecule has 0 aliphatic rings. The zero-order chi connectivity index (χ0) is 25.7.